The number of rotatable bonds is 8. The van der Waals surface area contributed by atoms with E-state index in [0.717, 1.165) is 11.1 Å². The smallest absolute Gasteiger partial charge is 0.112 e. The van der Waals surface area contributed by atoms with Crippen LogP contribution in [0.3, 0.4) is 0 Å². The monoisotopic (exact) mass is 392 g/mol. The fourth-order valence-corrected chi connectivity index (χ4v) is 3.93. The van der Waals surface area contributed by atoms with E-state index in [9.17, 15) is 0 Å². The van der Waals surface area contributed by atoms with Crippen LogP contribution in [0.2, 0.25) is 0 Å². The van der Waals surface area contributed by atoms with Crippen LogP contribution in [0, 0.1) is 0 Å². The molecule has 0 aliphatic carbocycles. The summed E-state index contributed by atoms with van der Waals surface area (Å²) < 4.78 is 18.5. The summed E-state index contributed by atoms with van der Waals surface area (Å²) in [5, 5.41) is 2.07. The van der Waals surface area contributed by atoms with Gasteiger partial charge in [0.2, 0.25) is 0 Å². The number of ether oxygens (including phenoxy) is 3. The second-order valence-corrected chi connectivity index (χ2v) is 7.74. The maximum Gasteiger partial charge on any atom is 0.112 e. The summed E-state index contributed by atoms with van der Waals surface area (Å²) in [6.07, 6.45) is 3.89. The largest absolute Gasteiger partial charge is 0.374 e. The van der Waals surface area contributed by atoms with Crippen molar-refractivity contribution in [3.63, 3.8) is 0 Å². The van der Waals surface area contributed by atoms with E-state index in [1.54, 1.807) is 11.3 Å². The summed E-state index contributed by atoms with van der Waals surface area (Å²) in [6.45, 7) is 1.61. The molecule has 144 valence electrons. The topological polar surface area (TPSA) is 27.7 Å². The van der Waals surface area contributed by atoms with Gasteiger partial charge >= 0.3 is 0 Å². The molecule has 0 spiro atoms. The van der Waals surface area contributed by atoms with Gasteiger partial charge in [-0.15, -0.1) is 11.3 Å². The van der Waals surface area contributed by atoms with Crippen LogP contribution in [0.5, 0.6) is 0 Å². The SMILES string of the molecule is C1=C[C@H](OCc2ccccc2)[C@@H](COCc2ccccc2)O[C@@H]1c1cccs1. The van der Waals surface area contributed by atoms with E-state index in [1.807, 2.05) is 36.4 Å². The third-order valence-corrected chi connectivity index (χ3v) is 5.60. The van der Waals surface area contributed by atoms with Crippen molar-refractivity contribution in [3.05, 3.63) is 106 Å². The molecule has 0 fully saturated rings. The third-order valence-electron chi connectivity index (χ3n) is 4.67. The van der Waals surface area contributed by atoms with Crippen molar-refractivity contribution in [1.29, 1.82) is 0 Å². The first-order chi connectivity index (χ1) is 13.9. The third kappa shape index (κ3) is 5.18. The number of benzene rings is 2. The van der Waals surface area contributed by atoms with Crippen molar-refractivity contribution < 1.29 is 14.2 Å². The highest BCUT2D eigenvalue weighted by molar-refractivity contribution is 7.10. The van der Waals surface area contributed by atoms with E-state index in [4.69, 9.17) is 14.2 Å². The number of hydrogen-bond donors (Lipinski definition) is 0. The minimum absolute atomic E-state index is 0.0399. The van der Waals surface area contributed by atoms with Gasteiger partial charge in [-0.05, 0) is 22.6 Å². The average Bonchev–Trinajstić information content (AvgIpc) is 3.29. The zero-order valence-corrected chi connectivity index (χ0v) is 16.5. The molecule has 2 heterocycles. The molecule has 0 amide bonds. The van der Waals surface area contributed by atoms with E-state index in [0.29, 0.717) is 19.8 Å². The fourth-order valence-electron chi connectivity index (χ4n) is 3.19. The Hall–Kier alpha value is -2.24. The van der Waals surface area contributed by atoms with Crippen molar-refractivity contribution in [2.45, 2.75) is 31.5 Å². The Morgan fingerprint density at radius 2 is 1.50 bits per heavy atom. The van der Waals surface area contributed by atoms with Crippen molar-refractivity contribution in [3.8, 4) is 0 Å². The van der Waals surface area contributed by atoms with Crippen molar-refractivity contribution >= 4 is 11.3 Å². The van der Waals surface area contributed by atoms with Crippen LogP contribution in [0.4, 0.5) is 0 Å². The molecule has 0 N–H and O–H groups in total. The molecule has 3 aromatic rings. The molecule has 4 heteroatoms. The minimum Gasteiger partial charge on any atom is -0.374 e. The summed E-state index contributed by atoms with van der Waals surface area (Å²) in [6, 6.07) is 24.6. The molecule has 0 unspecified atom stereocenters. The second kappa shape index (κ2) is 9.80. The van der Waals surface area contributed by atoms with Crippen LogP contribution in [0.15, 0.2) is 90.3 Å². The summed E-state index contributed by atoms with van der Waals surface area (Å²) in [4.78, 5) is 1.20. The maximum absolute atomic E-state index is 6.34. The Bertz CT molecular complexity index is 846. The Balaban J connectivity index is 1.39. The predicted octanol–water partition coefficient (Wildman–Crippen LogP) is 5.55. The van der Waals surface area contributed by atoms with Crippen LogP contribution in [-0.4, -0.2) is 18.8 Å². The normalized spacial score (nSPS) is 21.6. The predicted molar refractivity (Wildman–Crippen MR) is 112 cm³/mol. The van der Waals surface area contributed by atoms with Gasteiger partial charge in [-0.1, -0.05) is 78.9 Å². The lowest BCUT2D eigenvalue weighted by molar-refractivity contribution is -0.119. The van der Waals surface area contributed by atoms with Crippen LogP contribution in [0.25, 0.3) is 0 Å². The Kier molecular flexibility index (Phi) is 6.68. The molecule has 0 saturated carbocycles. The lowest BCUT2D eigenvalue weighted by atomic mass is 10.1. The number of thiophene rings is 1. The van der Waals surface area contributed by atoms with Crippen LogP contribution in [-0.2, 0) is 27.4 Å². The first-order valence-corrected chi connectivity index (χ1v) is 10.4. The van der Waals surface area contributed by atoms with Gasteiger partial charge in [-0.3, -0.25) is 0 Å². The van der Waals surface area contributed by atoms with E-state index in [1.165, 1.54) is 4.88 Å². The average molecular weight is 393 g/mol. The molecular weight excluding hydrogens is 368 g/mol. The van der Waals surface area contributed by atoms with E-state index >= 15 is 0 Å². The maximum atomic E-state index is 6.34. The standard InChI is InChI=1S/C24H24O3S/c1-3-8-19(9-4-1)16-25-18-23-21(26-17-20-10-5-2-6-11-20)13-14-22(27-23)24-12-7-15-28-24/h1-15,21-23H,16-18H2/t21-,22-,23+/m0/s1. The second-order valence-electron chi connectivity index (χ2n) is 6.76. The summed E-state index contributed by atoms with van der Waals surface area (Å²) in [7, 11) is 0. The fraction of sp³-hybridized carbons (Fsp3) is 0.250. The molecule has 28 heavy (non-hydrogen) atoms. The zero-order valence-electron chi connectivity index (χ0n) is 15.6. The summed E-state index contributed by atoms with van der Waals surface area (Å²) in [5.41, 5.74) is 2.31. The van der Waals surface area contributed by atoms with Gasteiger partial charge in [0.05, 0.1) is 19.8 Å². The lowest BCUT2D eigenvalue weighted by Gasteiger charge is -2.32. The van der Waals surface area contributed by atoms with E-state index in [-0.39, 0.29) is 18.3 Å². The molecular formula is C24H24O3S. The molecule has 3 nitrogen and oxygen atoms in total. The van der Waals surface area contributed by atoms with Crippen molar-refractivity contribution in [2.24, 2.45) is 0 Å². The van der Waals surface area contributed by atoms with Crippen molar-refractivity contribution in [1.82, 2.24) is 0 Å². The Morgan fingerprint density at radius 3 is 2.18 bits per heavy atom. The van der Waals surface area contributed by atoms with Gasteiger partial charge in [0.15, 0.2) is 0 Å². The first kappa shape index (κ1) is 19.1. The quantitative estimate of drug-likeness (QED) is 0.471. The molecule has 2 aromatic carbocycles. The Morgan fingerprint density at radius 1 is 0.786 bits per heavy atom. The molecule has 3 atom stereocenters. The highest BCUT2D eigenvalue weighted by atomic mass is 32.1. The molecule has 1 aliphatic rings. The summed E-state index contributed by atoms with van der Waals surface area (Å²) >= 11 is 1.71. The zero-order chi connectivity index (χ0) is 19.0. The van der Waals surface area contributed by atoms with E-state index in [2.05, 4.69) is 53.9 Å². The first-order valence-electron chi connectivity index (χ1n) is 9.53. The van der Waals surface area contributed by atoms with Crippen LogP contribution < -0.4 is 0 Å². The molecule has 4 rings (SSSR count). The Labute approximate surface area is 170 Å². The minimum atomic E-state index is -0.149. The van der Waals surface area contributed by atoms with Gasteiger partial charge in [0.1, 0.15) is 18.3 Å². The van der Waals surface area contributed by atoms with Gasteiger partial charge in [-0.25, -0.2) is 0 Å². The highest BCUT2D eigenvalue weighted by Gasteiger charge is 2.29. The van der Waals surface area contributed by atoms with Crippen molar-refractivity contribution in [2.75, 3.05) is 6.61 Å². The van der Waals surface area contributed by atoms with Gasteiger partial charge in [-0.2, -0.15) is 0 Å². The molecule has 0 saturated heterocycles. The highest BCUT2D eigenvalue weighted by Crippen LogP contribution is 2.31. The van der Waals surface area contributed by atoms with Crippen LogP contribution >= 0.6 is 11.3 Å². The van der Waals surface area contributed by atoms with Gasteiger partial charge < -0.3 is 14.2 Å². The summed E-state index contributed by atoms with van der Waals surface area (Å²) in [5.74, 6) is 0. The van der Waals surface area contributed by atoms with E-state index < -0.39 is 0 Å². The molecule has 1 aliphatic heterocycles. The molecule has 0 bridgehead atoms. The molecule has 0 radical (unpaired) electrons. The lowest BCUT2D eigenvalue weighted by Crippen LogP contribution is -2.37. The van der Waals surface area contributed by atoms with Gasteiger partial charge in [0, 0.05) is 4.88 Å². The molecule has 1 aromatic heterocycles. The van der Waals surface area contributed by atoms with Crippen LogP contribution in [0.1, 0.15) is 22.1 Å². The van der Waals surface area contributed by atoms with Gasteiger partial charge in [0.25, 0.3) is 0 Å². The number of hydrogen-bond acceptors (Lipinski definition) is 4.